The molecule has 2 nitrogen and oxygen atoms in total. The summed E-state index contributed by atoms with van der Waals surface area (Å²) in [7, 11) is 0. The van der Waals surface area contributed by atoms with Crippen molar-refractivity contribution in [3.8, 4) is 0 Å². The lowest BCUT2D eigenvalue weighted by molar-refractivity contribution is -0.130. The number of nitrogens with zero attached hydrogens (tertiary/aromatic N) is 1. The monoisotopic (exact) mass is 207 g/mol. The van der Waals surface area contributed by atoms with E-state index < -0.39 is 0 Å². The van der Waals surface area contributed by atoms with E-state index in [0.29, 0.717) is 13.0 Å². The van der Waals surface area contributed by atoms with Gasteiger partial charge in [0.15, 0.2) is 0 Å². The average Bonchev–Trinajstić information content (AvgIpc) is 2.36. The summed E-state index contributed by atoms with van der Waals surface area (Å²) in [5.74, 6) is -0.0750. The molecule has 2 rings (SSSR count). The molecule has 80 valence electrons. The van der Waals surface area contributed by atoms with Crippen molar-refractivity contribution < 1.29 is 9.18 Å². The van der Waals surface area contributed by atoms with E-state index in [1.807, 2.05) is 11.8 Å². The quantitative estimate of drug-likeness (QED) is 0.687. The van der Waals surface area contributed by atoms with Crippen LogP contribution >= 0.6 is 0 Å². The van der Waals surface area contributed by atoms with Gasteiger partial charge in [-0.1, -0.05) is 6.07 Å². The standard InChI is InChI=1S/C12H14FNO/c1-2-14-6-5-10-7-11(13)4-3-9(10)8-12(14)15/h3-4,7H,2,5-6,8H2,1H3. The van der Waals surface area contributed by atoms with Crippen molar-refractivity contribution in [2.45, 2.75) is 19.8 Å². The molecular weight excluding hydrogens is 193 g/mol. The molecule has 0 atom stereocenters. The van der Waals surface area contributed by atoms with Gasteiger partial charge in [0.1, 0.15) is 5.82 Å². The fourth-order valence-electron chi connectivity index (χ4n) is 1.99. The topological polar surface area (TPSA) is 20.3 Å². The van der Waals surface area contributed by atoms with Gasteiger partial charge in [0, 0.05) is 13.1 Å². The van der Waals surface area contributed by atoms with Crippen LogP contribution in [0.3, 0.4) is 0 Å². The highest BCUT2D eigenvalue weighted by atomic mass is 19.1. The Morgan fingerprint density at radius 2 is 2.20 bits per heavy atom. The minimum absolute atomic E-state index is 0.142. The Bertz CT molecular complexity index is 389. The maximum absolute atomic E-state index is 13.0. The van der Waals surface area contributed by atoms with E-state index >= 15 is 0 Å². The van der Waals surface area contributed by atoms with Crippen molar-refractivity contribution in [2.24, 2.45) is 0 Å². The van der Waals surface area contributed by atoms with Crippen LogP contribution in [0.25, 0.3) is 0 Å². The molecule has 0 aromatic heterocycles. The van der Waals surface area contributed by atoms with E-state index in [2.05, 4.69) is 0 Å². The first kappa shape index (κ1) is 10.1. The van der Waals surface area contributed by atoms with Crippen LogP contribution in [-0.2, 0) is 17.6 Å². The average molecular weight is 207 g/mol. The molecule has 0 saturated carbocycles. The summed E-state index contributed by atoms with van der Waals surface area (Å²) in [5, 5.41) is 0. The molecule has 15 heavy (non-hydrogen) atoms. The molecule has 0 unspecified atom stereocenters. The van der Waals surface area contributed by atoms with E-state index in [4.69, 9.17) is 0 Å². The van der Waals surface area contributed by atoms with Crippen LogP contribution in [0, 0.1) is 5.82 Å². The highest BCUT2D eigenvalue weighted by molar-refractivity contribution is 5.79. The molecular formula is C12H14FNO. The van der Waals surface area contributed by atoms with Gasteiger partial charge in [-0.2, -0.15) is 0 Å². The van der Waals surface area contributed by atoms with E-state index in [9.17, 15) is 9.18 Å². The van der Waals surface area contributed by atoms with Crippen LogP contribution in [0.2, 0.25) is 0 Å². The van der Waals surface area contributed by atoms with Gasteiger partial charge in [-0.3, -0.25) is 4.79 Å². The summed E-state index contributed by atoms with van der Waals surface area (Å²) in [6, 6.07) is 4.69. The number of carbonyl (C=O) groups excluding carboxylic acids is 1. The van der Waals surface area contributed by atoms with Gasteiger partial charge in [0.2, 0.25) is 5.91 Å². The Labute approximate surface area is 88.7 Å². The fourth-order valence-corrected chi connectivity index (χ4v) is 1.99. The zero-order valence-corrected chi connectivity index (χ0v) is 8.79. The summed E-state index contributed by atoms with van der Waals surface area (Å²) in [4.78, 5) is 13.5. The first-order valence-corrected chi connectivity index (χ1v) is 5.25. The minimum Gasteiger partial charge on any atom is -0.342 e. The number of carbonyl (C=O) groups is 1. The van der Waals surface area contributed by atoms with Crippen molar-refractivity contribution in [3.05, 3.63) is 35.1 Å². The number of likely N-dealkylation sites (N-methyl/N-ethyl adjacent to an activating group) is 1. The molecule has 0 aliphatic carbocycles. The Morgan fingerprint density at radius 1 is 1.40 bits per heavy atom. The van der Waals surface area contributed by atoms with Gasteiger partial charge >= 0.3 is 0 Å². The SMILES string of the molecule is CCN1CCc2cc(F)ccc2CC1=O. The van der Waals surface area contributed by atoms with Gasteiger partial charge in [0.05, 0.1) is 6.42 Å². The van der Waals surface area contributed by atoms with E-state index in [1.54, 1.807) is 12.1 Å². The smallest absolute Gasteiger partial charge is 0.227 e. The second-order valence-corrected chi connectivity index (χ2v) is 3.81. The van der Waals surface area contributed by atoms with Crippen molar-refractivity contribution in [1.82, 2.24) is 4.90 Å². The van der Waals surface area contributed by atoms with Crippen LogP contribution in [-0.4, -0.2) is 23.9 Å². The highest BCUT2D eigenvalue weighted by Gasteiger charge is 2.19. The maximum Gasteiger partial charge on any atom is 0.227 e. The molecule has 1 aromatic rings. The molecule has 0 fully saturated rings. The normalized spacial score (nSPS) is 16.1. The van der Waals surface area contributed by atoms with Crippen LogP contribution in [0.5, 0.6) is 0 Å². The van der Waals surface area contributed by atoms with Gasteiger partial charge in [0.25, 0.3) is 0 Å². The first-order chi connectivity index (χ1) is 7.20. The summed E-state index contributed by atoms with van der Waals surface area (Å²) < 4.78 is 13.0. The number of rotatable bonds is 1. The number of hydrogen-bond donors (Lipinski definition) is 0. The van der Waals surface area contributed by atoms with Crippen LogP contribution in [0.4, 0.5) is 4.39 Å². The van der Waals surface area contributed by atoms with Crippen LogP contribution in [0.1, 0.15) is 18.1 Å². The van der Waals surface area contributed by atoms with Gasteiger partial charge < -0.3 is 4.90 Å². The Morgan fingerprint density at radius 3 is 2.93 bits per heavy atom. The molecule has 0 radical (unpaired) electrons. The first-order valence-electron chi connectivity index (χ1n) is 5.25. The van der Waals surface area contributed by atoms with Crippen molar-refractivity contribution in [3.63, 3.8) is 0 Å². The largest absolute Gasteiger partial charge is 0.342 e. The minimum atomic E-state index is -0.217. The third kappa shape index (κ3) is 2.01. The fraction of sp³-hybridized carbons (Fsp3) is 0.417. The molecule has 3 heteroatoms. The Hall–Kier alpha value is -1.38. The molecule has 1 amide bonds. The lowest BCUT2D eigenvalue weighted by atomic mass is 10.0. The summed E-state index contributed by atoms with van der Waals surface area (Å²) in [6.45, 7) is 3.40. The van der Waals surface area contributed by atoms with E-state index in [1.165, 1.54) is 6.07 Å². The summed E-state index contributed by atoms with van der Waals surface area (Å²) >= 11 is 0. The Balaban J connectivity index is 2.31. The molecule has 1 heterocycles. The van der Waals surface area contributed by atoms with Crippen LogP contribution < -0.4 is 0 Å². The zero-order chi connectivity index (χ0) is 10.8. The van der Waals surface area contributed by atoms with Crippen molar-refractivity contribution in [2.75, 3.05) is 13.1 Å². The highest BCUT2D eigenvalue weighted by Crippen LogP contribution is 2.17. The lowest BCUT2D eigenvalue weighted by Crippen LogP contribution is -2.31. The number of halogens is 1. The zero-order valence-electron chi connectivity index (χ0n) is 8.79. The molecule has 1 aliphatic rings. The predicted molar refractivity (Wildman–Crippen MR) is 56.1 cm³/mol. The number of benzene rings is 1. The number of amides is 1. The van der Waals surface area contributed by atoms with Crippen molar-refractivity contribution >= 4 is 5.91 Å². The summed E-state index contributed by atoms with van der Waals surface area (Å²) in [6.07, 6.45) is 1.16. The second-order valence-electron chi connectivity index (χ2n) is 3.81. The molecule has 0 saturated heterocycles. The number of fused-ring (bicyclic) bond motifs is 1. The van der Waals surface area contributed by atoms with E-state index in [0.717, 1.165) is 24.1 Å². The van der Waals surface area contributed by atoms with E-state index in [-0.39, 0.29) is 11.7 Å². The summed E-state index contributed by atoms with van der Waals surface area (Å²) in [5.41, 5.74) is 1.94. The van der Waals surface area contributed by atoms with Gasteiger partial charge in [-0.15, -0.1) is 0 Å². The van der Waals surface area contributed by atoms with Gasteiger partial charge in [-0.05, 0) is 36.6 Å². The number of hydrogen-bond acceptors (Lipinski definition) is 1. The van der Waals surface area contributed by atoms with Crippen molar-refractivity contribution in [1.29, 1.82) is 0 Å². The molecule has 0 bridgehead atoms. The molecule has 1 aliphatic heterocycles. The Kier molecular flexibility index (Phi) is 2.71. The van der Waals surface area contributed by atoms with Gasteiger partial charge in [-0.25, -0.2) is 4.39 Å². The molecule has 0 N–H and O–H groups in total. The molecule has 0 spiro atoms. The maximum atomic E-state index is 13.0. The van der Waals surface area contributed by atoms with Crippen LogP contribution in [0.15, 0.2) is 18.2 Å². The molecule has 1 aromatic carbocycles. The lowest BCUT2D eigenvalue weighted by Gasteiger charge is -2.17. The predicted octanol–water partition coefficient (Wildman–Crippen LogP) is 1.77. The third-order valence-electron chi connectivity index (χ3n) is 2.90. The second kappa shape index (κ2) is 4.01. The third-order valence-corrected chi connectivity index (χ3v) is 2.90.